The van der Waals surface area contributed by atoms with E-state index in [2.05, 4.69) is 38.7 Å². The molecule has 22 heteroatoms. The normalized spacial score (nSPS) is 56.8. The van der Waals surface area contributed by atoms with Gasteiger partial charge in [-0.1, -0.05) is 39.3 Å². The van der Waals surface area contributed by atoms with Crippen molar-refractivity contribution < 1.29 is 104 Å². The molecule has 4 aliphatic carbocycles. The number of allylic oxidation sites excluding steroid dienone is 1. The molecule has 31 unspecified atom stereocenters. The predicted molar refractivity (Wildman–Crippen MR) is 244 cm³/mol. The topological polar surface area (TPSA) is 340 Å². The fraction of sp³-hybridized carbons (Fsp3) is 0.960. The molecule has 31 atom stereocenters. The predicted octanol–water partition coefficient (Wildman–Crippen LogP) is -3.44. The van der Waals surface area contributed by atoms with Crippen molar-refractivity contribution >= 4 is 0 Å². The Labute approximate surface area is 419 Å². The molecule has 0 bridgehead atoms. The number of piperidine rings is 1. The number of nitrogens with zero attached hydrogens (tertiary/aromatic N) is 1. The first-order valence-electron chi connectivity index (χ1n) is 26.5. The molecule has 6 heterocycles. The number of hydrogen-bond donors (Lipinski definition) is 13. The number of ether oxygens (including phenoxy) is 8. The fourth-order valence-corrected chi connectivity index (χ4v) is 16.2. The van der Waals surface area contributed by atoms with E-state index in [1.165, 1.54) is 18.4 Å². The van der Waals surface area contributed by atoms with E-state index in [9.17, 15) is 66.4 Å². The SMILES string of the molecule is CC1CC(O)C2C(C)C3C(CC4C5CC=C6CC(OC7OC(CO)C(OC8OC(CO)C(O)C(OC9OCC(O)C(O)C9O)C8OC8OC(CO)C(O)C(O)C8O)C(O)C7O)CCC6(C)C5CCC43C)N2C1. The maximum absolute atomic E-state index is 11.8. The van der Waals surface area contributed by atoms with Crippen LogP contribution in [0.1, 0.15) is 79.1 Å². The lowest BCUT2D eigenvalue weighted by Crippen LogP contribution is -2.68. The summed E-state index contributed by atoms with van der Waals surface area (Å²) in [4.78, 5) is 2.70. The highest BCUT2D eigenvalue weighted by molar-refractivity contribution is 5.27. The maximum atomic E-state index is 11.8. The lowest BCUT2D eigenvalue weighted by Gasteiger charge is -2.58. The van der Waals surface area contributed by atoms with Gasteiger partial charge in [-0.3, -0.25) is 4.90 Å². The molecule has 0 spiro atoms. The van der Waals surface area contributed by atoms with Crippen LogP contribution in [-0.2, 0) is 37.9 Å². The van der Waals surface area contributed by atoms with E-state index in [0.717, 1.165) is 32.2 Å². The lowest BCUT2D eigenvalue weighted by molar-refractivity contribution is -0.403. The van der Waals surface area contributed by atoms with Crippen LogP contribution in [0.3, 0.4) is 0 Å². The van der Waals surface area contributed by atoms with Gasteiger partial charge in [0.15, 0.2) is 25.2 Å². The van der Waals surface area contributed by atoms with Gasteiger partial charge < -0.3 is 104 Å². The zero-order valence-electron chi connectivity index (χ0n) is 41.5. The Kier molecular flexibility index (Phi) is 15.7. The average Bonchev–Trinajstić information content (AvgIpc) is 3.83. The Morgan fingerprint density at radius 2 is 1.24 bits per heavy atom. The zero-order valence-corrected chi connectivity index (χ0v) is 41.5. The third kappa shape index (κ3) is 9.08. The molecule has 412 valence electrons. The first-order valence-corrected chi connectivity index (χ1v) is 26.5. The standard InChI is InChI=1S/C50H81NO21/c1-19-11-27(55)33-20(2)32-26(51(33)14-19)13-25-23-6-5-21-12-22(7-9-49(21,3)24(23)8-10-50(25,32)4)66-46-41(64)38(61)42(31(17-54)69-46)70-48-44(72-47-40(63)37(60)35(58)29(15-52)67-47)43(36(59)30(16-53)68-48)71-45-39(62)34(57)28(56)18-65-45/h5,19-20,22-48,52-64H,6-18H2,1-4H3. The minimum Gasteiger partial charge on any atom is -0.394 e. The van der Waals surface area contributed by atoms with Crippen LogP contribution in [-0.4, -0.2) is 245 Å². The van der Waals surface area contributed by atoms with Crippen molar-refractivity contribution in [2.24, 2.45) is 46.3 Å². The maximum Gasteiger partial charge on any atom is 0.187 e. The van der Waals surface area contributed by atoms with Crippen LogP contribution in [0.2, 0.25) is 0 Å². The first kappa shape index (κ1) is 54.2. The molecule has 9 fully saturated rings. The van der Waals surface area contributed by atoms with Crippen molar-refractivity contribution in [3.05, 3.63) is 11.6 Å². The van der Waals surface area contributed by atoms with Crippen molar-refractivity contribution in [1.82, 2.24) is 4.90 Å². The molecule has 10 rings (SSSR count). The zero-order chi connectivity index (χ0) is 51.5. The Balaban J connectivity index is 0.833. The molecule has 0 aromatic carbocycles. The van der Waals surface area contributed by atoms with Gasteiger partial charge in [0.1, 0.15) is 91.6 Å². The summed E-state index contributed by atoms with van der Waals surface area (Å²) in [5.74, 6) is 3.17. The van der Waals surface area contributed by atoms with Crippen molar-refractivity contribution in [1.29, 1.82) is 0 Å². The van der Waals surface area contributed by atoms with Gasteiger partial charge >= 0.3 is 0 Å². The van der Waals surface area contributed by atoms with Crippen LogP contribution >= 0.6 is 0 Å². The van der Waals surface area contributed by atoms with E-state index in [-0.39, 0.29) is 23.0 Å². The Morgan fingerprint density at radius 3 is 1.96 bits per heavy atom. The fourth-order valence-electron chi connectivity index (χ4n) is 16.2. The largest absolute Gasteiger partial charge is 0.394 e. The van der Waals surface area contributed by atoms with Gasteiger partial charge in [-0.15, -0.1) is 0 Å². The molecule has 13 N–H and O–H groups in total. The molecule has 0 amide bonds. The van der Waals surface area contributed by atoms with E-state index in [4.69, 9.17) is 37.9 Å². The monoisotopic (exact) mass is 1030 g/mol. The molecule has 72 heavy (non-hydrogen) atoms. The second-order valence-electron chi connectivity index (χ2n) is 23.8. The van der Waals surface area contributed by atoms with Crippen LogP contribution in [0.25, 0.3) is 0 Å². The van der Waals surface area contributed by atoms with Gasteiger partial charge in [0.2, 0.25) is 0 Å². The first-order chi connectivity index (χ1) is 34.2. The number of aliphatic hydroxyl groups is 13. The lowest BCUT2D eigenvalue weighted by atomic mass is 9.47. The number of fused-ring (bicyclic) bond motifs is 9. The number of aliphatic hydroxyl groups excluding tert-OH is 13. The van der Waals surface area contributed by atoms with E-state index >= 15 is 0 Å². The molecule has 6 aliphatic heterocycles. The van der Waals surface area contributed by atoms with Gasteiger partial charge in [-0.2, -0.15) is 0 Å². The Hall–Kier alpha value is -1.14. The van der Waals surface area contributed by atoms with Gasteiger partial charge in [-0.05, 0) is 97.7 Å². The van der Waals surface area contributed by atoms with E-state index in [1.807, 2.05) is 0 Å². The molecule has 10 aliphatic rings. The molecule has 22 nitrogen and oxygen atoms in total. The van der Waals surface area contributed by atoms with Crippen LogP contribution in [0, 0.1) is 46.3 Å². The van der Waals surface area contributed by atoms with Gasteiger partial charge in [0.05, 0.1) is 38.6 Å². The van der Waals surface area contributed by atoms with Crippen LogP contribution in [0.5, 0.6) is 0 Å². The van der Waals surface area contributed by atoms with Crippen LogP contribution in [0.15, 0.2) is 11.6 Å². The highest BCUT2D eigenvalue weighted by Gasteiger charge is 2.68. The van der Waals surface area contributed by atoms with E-state index < -0.39 is 149 Å². The second-order valence-corrected chi connectivity index (χ2v) is 23.8. The summed E-state index contributed by atoms with van der Waals surface area (Å²) >= 11 is 0. The molecule has 0 aromatic heterocycles. The minimum atomic E-state index is -2.00. The number of rotatable bonds is 11. The quantitative estimate of drug-likeness (QED) is 0.0896. The minimum absolute atomic E-state index is 0.0397. The molecule has 6 saturated heterocycles. The summed E-state index contributed by atoms with van der Waals surface area (Å²) in [5, 5.41) is 140. The smallest absolute Gasteiger partial charge is 0.187 e. The molecular weight excluding hydrogens is 951 g/mol. The van der Waals surface area contributed by atoms with Crippen molar-refractivity contribution in [2.75, 3.05) is 33.0 Å². The Morgan fingerprint density at radius 1 is 0.611 bits per heavy atom. The Bertz CT molecular complexity index is 1900. The van der Waals surface area contributed by atoms with Crippen LogP contribution in [0.4, 0.5) is 0 Å². The summed E-state index contributed by atoms with van der Waals surface area (Å²) in [7, 11) is 0. The summed E-state index contributed by atoms with van der Waals surface area (Å²) in [6, 6.07) is 0.753. The van der Waals surface area contributed by atoms with Crippen molar-refractivity contribution in [3.63, 3.8) is 0 Å². The van der Waals surface area contributed by atoms with Crippen molar-refractivity contribution in [3.8, 4) is 0 Å². The summed E-state index contributed by atoms with van der Waals surface area (Å²) in [6.45, 7) is 7.68. The second kappa shape index (κ2) is 20.9. The third-order valence-electron chi connectivity index (χ3n) is 19.8. The highest BCUT2D eigenvalue weighted by atomic mass is 16.8. The van der Waals surface area contributed by atoms with Crippen LogP contribution < -0.4 is 0 Å². The summed E-state index contributed by atoms with van der Waals surface area (Å²) < 4.78 is 47.8. The van der Waals surface area contributed by atoms with Gasteiger partial charge in [-0.25, -0.2) is 0 Å². The van der Waals surface area contributed by atoms with Gasteiger partial charge in [0, 0.05) is 18.6 Å². The van der Waals surface area contributed by atoms with E-state index in [0.29, 0.717) is 54.4 Å². The molecule has 0 aromatic rings. The average molecular weight is 1030 g/mol. The van der Waals surface area contributed by atoms with Gasteiger partial charge in [0.25, 0.3) is 0 Å². The number of hydrogen-bond acceptors (Lipinski definition) is 22. The van der Waals surface area contributed by atoms with E-state index in [1.54, 1.807) is 0 Å². The molecular formula is C50H81NO21. The molecule has 3 saturated carbocycles. The highest BCUT2D eigenvalue weighted by Crippen LogP contribution is 2.70. The summed E-state index contributed by atoms with van der Waals surface area (Å²) in [6.07, 6.45) is -23.8. The third-order valence-corrected chi connectivity index (χ3v) is 19.8. The summed E-state index contributed by atoms with van der Waals surface area (Å²) in [5.41, 5.74) is 1.50. The molecule has 0 radical (unpaired) electrons. The van der Waals surface area contributed by atoms with Crippen molar-refractivity contribution in [2.45, 2.75) is 220 Å².